The Hall–Kier alpha value is -2.14. The first-order valence-corrected chi connectivity index (χ1v) is 8.69. The number of H-pyrrole nitrogens is 1. The number of aromatic amines is 1. The van der Waals surface area contributed by atoms with Gasteiger partial charge >= 0.3 is 0 Å². The predicted molar refractivity (Wildman–Crippen MR) is 96.8 cm³/mol. The van der Waals surface area contributed by atoms with Gasteiger partial charge in [0.2, 0.25) is 0 Å². The van der Waals surface area contributed by atoms with Gasteiger partial charge in [0, 0.05) is 25.1 Å². The van der Waals surface area contributed by atoms with Crippen molar-refractivity contribution >= 4 is 28.5 Å². The molecule has 0 radical (unpaired) electrons. The first kappa shape index (κ1) is 15.4. The lowest BCUT2D eigenvalue weighted by atomic mass is 9.97. The summed E-state index contributed by atoms with van der Waals surface area (Å²) in [5.74, 6) is 3.06. The predicted octanol–water partition coefficient (Wildman–Crippen LogP) is 4.01. The zero-order valence-electron chi connectivity index (χ0n) is 13.9. The van der Waals surface area contributed by atoms with E-state index < -0.39 is 0 Å². The molecule has 1 saturated heterocycles. The second-order valence-corrected chi connectivity index (χ2v) is 6.91. The molecule has 0 spiro atoms. The highest BCUT2D eigenvalue weighted by Gasteiger charge is 2.25. The van der Waals surface area contributed by atoms with Crippen LogP contribution in [0.4, 0.5) is 5.82 Å². The summed E-state index contributed by atoms with van der Waals surface area (Å²) in [6, 6.07) is 8.18. The summed E-state index contributed by atoms with van der Waals surface area (Å²) in [4.78, 5) is 19.3. The van der Waals surface area contributed by atoms with E-state index in [1.807, 2.05) is 13.0 Å². The zero-order chi connectivity index (χ0) is 16.7. The van der Waals surface area contributed by atoms with Gasteiger partial charge in [-0.3, -0.25) is 0 Å². The summed E-state index contributed by atoms with van der Waals surface area (Å²) in [5, 5.41) is 0.499. The second kappa shape index (κ2) is 6.06. The minimum atomic E-state index is 0.375. The minimum Gasteiger partial charge on any atom is -0.356 e. The van der Waals surface area contributed by atoms with Crippen molar-refractivity contribution in [2.75, 3.05) is 18.0 Å². The molecule has 0 amide bonds. The van der Waals surface area contributed by atoms with Crippen molar-refractivity contribution in [3.63, 3.8) is 0 Å². The number of fused-ring (bicyclic) bond motifs is 1. The van der Waals surface area contributed by atoms with Gasteiger partial charge in [-0.1, -0.05) is 17.7 Å². The number of hydrogen-bond acceptors (Lipinski definition) is 4. The van der Waals surface area contributed by atoms with Gasteiger partial charge in [-0.25, -0.2) is 15.0 Å². The Balaban J connectivity index is 1.61. The molecule has 1 aliphatic heterocycles. The fourth-order valence-electron chi connectivity index (χ4n) is 3.42. The molecule has 5 nitrogen and oxygen atoms in total. The van der Waals surface area contributed by atoms with Gasteiger partial charge in [0.15, 0.2) is 0 Å². The van der Waals surface area contributed by atoms with Crippen LogP contribution in [0, 0.1) is 13.8 Å². The number of anilines is 1. The summed E-state index contributed by atoms with van der Waals surface area (Å²) in [6.07, 6.45) is 2.24. The number of rotatable bonds is 2. The molecule has 1 aliphatic rings. The standard InChI is InChI=1S/C18H20ClN5/c1-11-5-6-14-15(8-11)23-18(22-14)13-4-3-7-24(10-13)17-9-16(19)20-12(2)21-17/h5-6,8-9,13H,3-4,7,10H2,1-2H3,(H,22,23). The quantitative estimate of drug-likeness (QED) is 0.715. The van der Waals surface area contributed by atoms with Crippen molar-refractivity contribution in [3.05, 3.63) is 46.6 Å². The molecule has 0 bridgehead atoms. The average molecular weight is 342 g/mol. The largest absolute Gasteiger partial charge is 0.356 e. The molecule has 1 unspecified atom stereocenters. The van der Waals surface area contributed by atoms with Crippen molar-refractivity contribution in [3.8, 4) is 0 Å². The van der Waals surface area contributed by atoms with E-state index in [0.29, 0.717) is 16.9 Å². The number of halogens is 1. The number of imidazole rings is 1. The normalized spacial score (nSPS) is 18.3. The monoisotopic (exact) mass is 341 g/mol. The third-order valence-electron chi connectivity index (χ3n) is 4.58. The van der Waals surface area contributed by atoms with Gasteiger partial charge in [0.05, 0.1) is 11.0 Å². The molecule has 1 aromatic carbocycles. The van der Waals surface area contributed by atoms with Gasteiger partial charge in [0.25, 0.3) is 0 Å². The van der Waals surface area contributed by atoms with Crippen LogP contribution in [-0.4, -0.2) is 33.0 Å². The van der Waals surface area contributed by atoms with Crippen LogP contribution in [0.3, 0.4) is 0 Å². The number of nitrogens with zero attached hydrogens (tertiary/aromatic N) is 4. The Morgan fingerprint density at radius 3 is 2.88 bits per heavy atom. The summed E-state index contributed by atoms with van der Waals surface area (Å²) in [6.45, 7) is 5.86. The smallest absolute Gasteiger partial charge is 0.134 e. The maximum atomic E-state index is 6.09. The number of piperidine rings is 1. The van der Waals surface area contributed by atoms with Crippen LogP contribution in [0.1, 0.15) is 36.0 Å². The molecular formula is C18H20ClN5. The van der Waals surface area contributed by atoms with Gasteiger partial charge in [-0.2, -0.15) is 0 Å². The van der Waals surface area contributed by atoms with E-state index >= 15 is 0 Å². The van der Waals surface area contributed by atoms with Gasteiger partial charge in [-0.15, -0.1) is 0 Å². The van der Waals surface area contributed by atoms with Crippen LogP contribution in [0.25, 0.3) is 11.0 Å². The molecule has 6 heteroatoms. The van der Waals surface area contributed by atoms with Crippen molar-refractivity contribution in [2.24, 2.45) is 0 Å². The molecule has 0 aliphatic carbocycles. The van der Waals surface area contributed by atoms with Crippen molar-refractivity contribution in [2.45, 2.75) is 32.6 Å². The van der Waals surface area contributed by atoms with E-state index in [4.69, 9.17) is 16.6 Å². The van der Waals surface area contributed by atoms with Crippen molar-refractivity contribution < 1.29 is 0 Å². The first-order valence-electron chi connectivity index (χ1n) is 8.31. The Labute approximate surface area is 146 Å². The fourth-order valence-corrected chi connectivity index (χ4v) is 3.64. The Morgan fingerprint density at radius 2 is 2.04 bits per heavy atom. The molecular weight excluding hydrogens is 322 g/mol. The SMILES string of the molecule is Cc1ccc2nc(C3CCCN(c4cc(Cl)nc(C)n4)C3)[nH]c2c1. The van der Waals surface area contributed by atoms with Crippen LogP contribution in [0.2, 0.25) is 5.15 Å². The fraction of sp³-hybridized carbons (Fsp3) is 0.389. The number of hydrogen-bond donors (Lipinski definition) is 1. The summed E-state index contributed by atoms with van der Waals surface area (Å²) < 4.78 is 0. The molecule has 1 atom stereocenters. The maximum absolute atomic E-state index is 6.09. The van der Waals surface area contributed by atoms with E-state index in [9.17, 15) is 0 Å². The van der Waals surface area contributed by atoms with Crippen molar-refractivity contribution in [1.29, 1.82) is 0 Å². The Bertz CT molecular complexity index is 868. The molecule has 3 heterocycles. The van der Waals surface area contributed by atoms with E-state index in [2.05, 4.69) is 45.0 Å². The van der Waals surface area contributed by atoms with Gasteiger partial charge < -0.3 is 9.88 Å². The third kappa shape index (κ3) is 2.96. The number of nitrogens with one attached hydrogen (secondary N) is 1. The molecule has 124 valence electrons. The highest BCUT2D eigenvalue weighted by molar-refractivity contribution is 6.29. The highest BCUT2D eigenvalue weighted by atomic mass is 35.5. The zero-order valence-corrected chi connectivity index (χ0v) is 14.6. The topological polar surface area (TPSA) is 57.7 Å². The number of benzene rings is 1. The van der Waals surface area contributed by atoms with E-state index in [1.54, 1.807) is 0 Å². The van der Waals surface area contributed by atoms with Crippen LogP contribution in [0.15, 0.2) is 24.3 Å². The van der Waals surface area contributed by atoms with Crippen LogP contribution >= 0.6 is 11.6 Å². The first-order chi connectivity index (χ1) is 11.6. The summed E-state index contributed by atoms with van der Waals surface area (Å²) in [5.41, 5.74) is 3.39. The lowest BCUT2D eigenvalue weighted by Gasteiger charge is -2.32. The molecule has 4 rings (SSSR count). The lowest BCUT2D eigenvalue weighted by molar-refractivity contribution is 0.492. The van der Waals surface area contributed by atoms with E-state index in [-0.39, 0.29) is 0 Å². The Kier molecular flexibility index (Phi) is 3.88. The lowest BCUT2D eigenvalue weighted by Crippen LogP contribution is -2.35. The summed E-state index contributed by atoms with van der Waals surface area (Å²) in [7, 11) is 0. The molecule has 0 saturated carbocycles. The van der Waals surface area contributed by atoms with E-state index in [1.165, 1.54) is 5.56 Å². The summed E-state index contributed by atoms with van der Waals surface area (Å²) >= 11 is 6.09. The van der Waals surface area contributed by atoms with Gasteiger partial charge in [-0.05, 0) is 44.4 Å². The maximum Gasteiger partial charge on any atom is 0.134 e. The van der Waals surface area contributed by atoms with E-state index in [0.717, 1.165) is 48.6 Å². The molecule has 3 aromatic rings. The number of aromatic nitrogens is 4. The minimum absolute atomic E-state index is 0.375. The molecule has 1 N–H and O–H groups in total. The van der Waals surface area contributed by atoms with Crippen LogP contribution in [0.5, 0.6) is 0 Å². The van der Waals surface area contributed by atoms with Gasteiger partial charge in [0.1, 0.15) is 22.6 Å². The van der Waals surface area contributed by atoms with Crippen LogP contribution in [-0.2, 0) is 0 Å². The van der Waals surface area contributed by atoms with Crippen LogP contribution < -0.4 is 4.90 Å². The number of aryl methyl sites for hydroxylation is 2. The molecule has 1 fully saturated rings. The molecule has 24 heavy (non-hydrogen) atoms. The Morgan fingerprint density at radius 1 is 1.17 bits per heavy atom. The highest BCUT2D eigenvalue weighted by Crippen LogP contribution is 2.29. The second-order valence-electron chi connectivity index (χ2n) is 6.52. The third-order valence-corrected chi connectivity index (χ3v) is 4.77. The molecule has 2 aromatic heterocycles. The van der Waals surface area contributed by atoms with Crippen molar-refractivity contribution in [1.82, 2.24) is 19.9 Å². The average Bonchev–Trinajstić information content (AvgIpc) is 2.97.